The summed E-state index contributed by atoms with van der Waals surface area (Å²) in [5.41, 5.74) is 3.46. The van der Waals surface area contributed by atoms with E-state index in [4.69, 9.17) is 11.6 Å². The highest BCUT2D eigenvalue weighted by Gasteiger charge is 2.44. The fraction of sp³-hybridized carbons (Fsp3) is 0.407. The molecule has 0 saturated carbocycles. The van der Waals surface area contributed by atoms with Gasteiger partial charge in [-0.3, -0.25) is 4.79 Å². The lowest BCUT2D eigenvalue weighted by Crippen LogP contribution is -2.55. The number of sulfonamides is 1. The number of halogens is 4. The molecule has 14 heteroatoms. The number of carbonyl (C=O) groups is 2. The second-order valence-electron chi connectivity index (χ2n) is 10.2. The number of nitrogens with one attached hydrogen (secondary N) is 3. The summed E-state index contributed by atoms with van der Waals surface area (Å²) >= 11 is 5.97. The van der Waals surface area contributed by atoms with Crippen LogP contribution in [0.25, 0.3) is 10.9 Å². The molecule has 1 saturated heterocycles. The molecule has 2 aliphatic rings. The van der Waals surface area contributed by atoms with Crippen LogP contribution in [0.15, 0.2) is 53.4 Å². The number of rotatable bonds is 6. The van der Waals surface area contributed by atoms with Crippen molar-refractivity contribution in [1.82, 2.24) is 19.9 Å². The van der Waals surface area contributed by atoms with Crippen molar-refractivity contribution in [3.8, 4) is 0 Å². The zero-order chi connectivity index (χ0) is 29.5. The Bertz CT molecular complexity index is 1560. The third kappa shape index (κ3) is 5.81. The lowest BCUT2D eigenvalue weighted by atomic mass is 9.88. The number of alkyl halides is 4. The summed E-state index contributed by atoms with van der Waals surface area (Å²) in [6.45, 7) is 2.13. The Morgan fingerprint density at radius 2 is 1.85 bits per heavy atom. The van der Waals surface area contributed by atoms with Gasteiger partial charge >= 0.3 is 12.1 Å². The minimum Gasteiger partial charge on any atom is -0.453 e. The van der Waals surface area contributed by atoms with E-state index in [1.54, 1.807) is 17.0 Å². The highest BCUT2D eigenvalue weighted by molar-refractivity contribution is 7.89. The van der Waals surface area contributed by atoms with Crippen molar-refractivity contribution in [2.24, 2.45) is 0 Å². The minimum absolute atomic E-state index is 0.117. The predicted molar refractivity (Wildman–Crippen MR) is 145 cm³/mol. The lowest BCUT2D eigenvalue weighted by Gasteiger charge is -2.40. The Hall–Kier alpha value is -3.13. The van der Waals surface area contributed by atoms with Gasteiger partial charge in [0.05, 0.1) is 17.0 Å². The van der Waals surface area contributed by atoms with Crippen LogP contribution in [0, 0.1) is 0 Å². The molecule has 4 atom stereocenters. The number of aromatic nitrogens is 1. The summed E-state index contributed by atoms with van der Waals surface area (Å²) in [5.74, 6) is -2.87. The van der Waals surface area contributed by atoms with E-state index in [1.807, 2.05) is 31.2 Å². The number of nitrogens with zero attached hydrogens (tertiary/aromatic N) is 1. The second kappa shape index (κ2) is 11.3. The first-order valence-corrected chi connectivity index (χ1v) is 15.0. The van der Waals surface area contributed by atoms with Gasteiger partial charge in [0.1, 0.15) is 12.0 Å². The Morgan fingerprint density at radius 1 is 1.15 bits per heavy atom. The highest BCUT2D eigenvalue weighted by Crippen LogP contribution is 2.41. The van der Waals surface area contributed by atoms with E-state index in [2.05, 4.69) is 19.8 Å². The molecule has 0 aliphatic carbocycles. The third-order valence-corrected chi connectivity index (χ3v) is 9.24. The lowest BCUT2D eigenvalue weighted by molar-refractivity contribution is -0.206. The molecule has 0 spiro atoms. The van der Waals surface area contributed by atoms with E-state index in [0.29, 0.717) is 18.5 Å². The summed E-state index contributed by atoms with van der Waals surface area (Å²) in [5, 5.41) is 3.85. The molecule has 5 rings (SSSR count). The van der Waals surface area contributed by atoms with Crippen molar-refractivity contribution >= 4 is 44.4 Å². The molecule has 1 amide bonds. The van der Waals surface area contributed by atoms with Crippen LogP contribution < -0.4 is 10.0 Å². The van der Waals surface area contributed by atoms with Crippen molar-refractivity contribution < 1.29 is 35.9 Å². The second-order valence-corrected chi connectivity index (χ2v) is 12.2. The van der Waals surface area contributed by atoms with E-state index in [1.165, 1.54) is 12.1 Å². The molecule has 3 aromatic rings. The molecular formula is C27H28ClF3N4O5S. The van der Waals surface area contributed by atoms with Gasteiger partial charge in [0, 0.05) is 29.2 Å². The molecular weight excluding hydrogens is 585 g/mol. The number of benzene rings is 2. The normalized spacial score (nSPS) is 23.3. The maximum Gasteiger partial charge on any atom is 0.490 e. The number of fused-ring (bicyclic) bond motifs is 3. The van der Waals surface area contributed by atoms with Crippen LogP contribution in [0.4, 0.5) is 13.2 Å². The number of hydrogen-bond acceptors (Lipinski definition) is 6. The first-order valence-electron chi connectivity index (χ1n) is 13.0. The van der Waals surface area contributed by atoms with Crippen molar-refractivity contribution in [3.63, 3.8) is 0 Å². The maximum atomic E-state index is 13.2. The summed E-state index contributed by atoms with van der Waals surface area (Å²) in [7, 11) is -4.20. The van der Waals surface area contributed by atoms with Gasteiger partial charge in [-0.25, -0.2) is 17.9 Å². The van der Waals surface area contributed by atoms with Crippen LogP contribution in [-0.4, -0.2) is 73.5 Å². The van der Waals surface area contributed by atoms with Gasteiger partial charge in [-0.05, 0) is 55.6 Å². The number of para-hydroxylation sites is 1. The Balaban J connectivity index is 1.44. The standard InChI is InChI=1S/C27H28ClF3N4O5S/c1-15-12-19-18-4-2-3-5-20(18)33-24(19)25(35(15)23(36)13-28)16-6-8-17(9-7-16)41(38,39)34-21-10-11-32-14-22(21)40-26(37)27(29,30)31/h2-9,15,21-22,25,32-34H,10-14H2,1H3/t15-,21?,22?,25?/m0/s1. The quantitative estimate of drug-likeness (QED) is 0.290. The zero-order valence-electron chi connectivity index (χ0n) is 21.9. The van der Waals surface area contributed by atoms with Crippen molar-refractivity contribution in [3.05, 3.63) is 65.4 Å². The Labute approximate surface area is 239 Å². The van der Waals surface area contributed by atoms with Crippen molar-refractivity contribution in [2.75, 3.05) is 19.0 Å². The number of esters is 1. The Morgan fingerprint density at radius 3 is 2.54 bits per heavy atom. The monoisotopic (exact) mass is 612 g/mol. The third-order valence-electron chi connectivity index (χ3n) is 7.50. The molecule has 2 aromatic carbocycles. The molecule has 3 unspecified atom stereocenters. The first kappa shape index (κ1) is 29.4. The topological polar surface area (TPSA) is 121 Å². The van der Waals surface area contributed by atoms with Gasteiger partial charge in [0.25, 0.3) is 0 Å². The predicted octanol–water partition coefficient (Wildman–Crippen LogP) is 3.38. The molecule has 0 radical (unpaired) electrons. The number of carbonyl (C=O) groups excluding carboxylic acids is 2. The molecule has 3 N–H and O–H groups in total. The number of piperidine rings is 1. The minimum atomic E-state index is -5.20. The van der Waals surface area contributed by atoms with E-state index in [-0.39, 0.29) is 35.7 Å². The SMILES string of the molecule is C[C@H]1Cc2c([nH]c3ccccc23)C(c2ccc(S(=O)(=O)NC3CCNCC3OC(=O)C(F)(F)F)cc2)N1C(=O)CCl. The van der Waals surface area contributed by atoms with E-state index in [0.717, 1.165) is 22.2 Å². The number of aromatic amines is 1. The summed E-state index contributed by atoms with van der Waals surface area (Å²) < 4.78 is 71.6. The van der Waals surface area contributed by atoms with Crippen LogP contribution >= 0.6 is 11.6 Å². The van der Waals surface area contributed by atoms with Crippen molar-refractivity contribution in [2.45, 2.75) is 55.1 Å². The summed E-state index contributed by atoms with van der Waals surface area (Å²) in [6.07, 6.45) is -5.81. The largest absolute Gasteiger partial charge is 0.490 e. The molecule has 41 heavy (non-hydrogen) atoms. The highest BCUT2D eigenvalue weighted by atomic mass is 35.5. The molecule has 1 aromatic heterocycles. The number of ether oxygens (including phenoxy) is 1. The molecule has 2 aliphatic heterocycles. The Kier molecular flexibility index (Phi) is 8.07. The molecule has 1 fully saturated rings. The first-order chi connectivity index (χ1) is 19.4. The zero-order valence-corrected chi connectivity index (χ0v) is 23.4. The molecule has 3 heterocycles. The van der Waals surface area contributed by atoms with Gasteiger partial charge in [0.2, 0.25) is 15.9 Å². The van der Waals surface area contributed by atoms with Gasteiger partial charge in [-0.2, -0.15) is 13.2 Å². The van der Waals surface area contributed by atoms with Crippen LogP contribution in [-0.2, 0) is 30.8 Å². The maximum absolute atomic E-state index is 13.2. The van der Waals surface area contributed by atoms with Gasteiger partial charge in [-0.1, -0.05) is 30.3 Å². The number of amides is 1. The van der Waals surface area contributed by atoms with E-state index < -0.39 is 40.4 Å². The average molecular weight is 613 g/mol. The number of hydrogen-bond donors (Lipinski definition) is 3. The molecule has 0 bridgehead atoms. The molecule has 9 nitrogen and oxygen atoms in total. The molecule has 220 valence electrons. The fourth-order valence-electron chi connectivity index (χ4n) is 5.64. The van der Waals surface area contributed by atoms with Gasteiger partial charge in [0.15, 0.2) is 0 Å². The van der Waals surface area contributed by atoms with E-state index >= 15 is 0 Å². The fourth-order valence-corrected chi connectivity index (χ4v) is 7.07. The summed E-state index contributed by atoms with van der Waals surface area (Å²) in [6, 6.07) is 12.0. The van der Waals surface area contributed by atoms with Crippen LogP contribution in [0.2, 0.25) is 0 Å². The average Bonchev–Trinajstić information content (AvgIpc) is 3.30. The van der Waals surface area contributed by atoms with Gasteiger partial charge < -0.3 is 19.9 Å². The van der Waals surface area contributed by atoms with Crippen molar-refractivity contribution in [1.29, 1.82) is 0 Å². The van der Waals surface area contributed by atoms with Gasteiger partial charge in [-0.15, -0.1) is 11.6 Å². The summed E-state index contributed by atoms with van der Waals surface area (Å²) in [4.78, 5) is 29.3. The van der Waals surface area contributed by atoms with Crippen LogP contribution in [0.3, 0.4) is 0 Å². The van der Waals surface area contributed by atoms with Crippen LogP contribution in [0.1, 0.15) is 36.2 Å². The van der Waals surface area contributed by atoms with Crippen LogP contribution in [0.5, 0.6) is 0 Å². The number of H-pyrrole nitrogens is 1. The van der Waals surface area contributed by atoms with E-state index in [9.17, 15) is 31.2 Å². The smallest absolute Gasteiger partial charge is 0.453 e.